The highest BCUT2D eigenvalue weighted by atomic mass is 32.1. The maximum absolute atomic E-state index is 12.8. The predicted molar refractivity (Wildman–Crippen MR) is 104 cm³/mol. The van der Waals surface area contributed by atoms with E-state index in [1.165, 1.54) is 37.1 Å². The van der Waals surface area contributed by atoms with E-state index in [0.29, 0.717) is 10.8 Å². The van der Waals surface area contributed by atoms with Crippen molar-refractivity contribution in [2.24, 2.45) is 5.92 Å². The largest absolute Gasteiger partial charge is 0.336 e. The monoisotopic (exact) mass is 371 g/mol. The molecule has 1 aliphatic heterocycles. The minimum absolute atomic E-state index is 0.0424. The van der Waals surface area contributed by atoms with Crippen LogP contribution < -0.4 is 5.32 Å². The molecule has 2 fully saturated rings. The maximum Gasteiger partial charge on any atom is 0.273 e. The molecule has 138 valence electrons. The average Bonchev–Trinajstić information content (AvgIpc) is 2.96. The van der Waals surface area contributed by atoms with Gasteiger partial charge in [-0.3, -0.25) is 4.79 Å². The molecule has 2 aromatic rings. The third-order valence-corrected chi connectivity index (χ3v) is 6.00. The molecule has 6 nitrogen and oxygen atoms in total. The van der Waals surface area contributed by atoms with E-state index in [0.717, 1.165) is 44.3 Å². The van der Waals surface area contributed by atoms with Crippen molar-refractivity contribution in [3.63, 3.8) is 0 Å². The molecule has 1 saturated heterocycles. The van der Waals surface area contributed by atoms with Crippen LogP contribution in [0.1, 0.15) is 36.2 Å². The Morgan fingerprint density at radius 3 is 2.88 bits per heavy atom. The summed E-state index contributed by atoms with van der Waals surface area (Å²) in [7, 11) is 0. The SMILES string of the molecule is O=C(c1csc(Nc2ccccn2)n1)N1CCCN(CC2CCC2)CC1. The second kappa shape index (κ2) is 8.14. The molecule has 2 aliphatic rings. The fraction of sp³-hybridized carbons (Fsp3) is 0.526. The van der Waals surface area contributed by atoms with Crippen molar-refractivity contribution in [2.75, 3.05) is 38.0 Å². The van der Waals surface area contributed by atoms with E-state index in [1.807, 2.05) is 28.5 Å². The first-order chi connectivity index (χ1) is 12.8. The average molecular weight is 372 g/mol. The molecule has 7 heteroatoms. The first-order valence-corrected chi connectivity index (χ1v) is 10.3. The van der Waals surface area contributed by atoms with E-state index in [1.54, 1.807) is 6.20 Å². The Hall–Kier alpha value is -1.99. The summed E-state index contributed by atoms with van der Waals surface area (Å²) in [4.78, 5) is 26.0. The van der Waals surface area contributed by atoms with E-state index in [9.17, 15) is 4.79 Å². The lowest BCUT2D eigenvalue weighted by molar-refractivity contribution is 0.0754. The van der Waals surface area contributed by atoms with Crippen molar-refractivity contribution in [3.05, 3.63) is 35.5 Å². The van der Waals surface area contributed by atoms with Crippen LogP contribution in [-0.2, 0) is 0 Å². The van der Waals surface area contributed by atoms with Gasteiger partial charge in [-0.2, -0.15) is 0 Å². The number of hydrogen-bond acceptors (Lipinski definition) is 6. The first kappa shape index (κ1) is 17.4. The minimum Gasteiger partial charge on any atom is -0.336 e. The van der Waals surface area contributed by atoms with E-state index in [2.05, 4.69) is 20.2 Å². The molecular formula is C19H25N5OS. The lowest BCUT2D eigenvalue weighted by Crippen LogP contribution is -2.37. The summed E-state index contributed by atoms with van der Waals surface area (Å²) in [6.45, 7) is 4.90. The molecule has 0 atom stereocenters. The minimum atomic E-state index is 0.0424. The molecule has 0 unspecified atom stereocenters. The Balaban J connectivity index is 1.33. The Morgan fingerprint density at radius 2 is 2.12 bits per heavy atom. The van der Waals surface area contributed by atoms with Crippen LogP contribution in [0.4, 0.5) is 10.9 Å². The fourth-order valence-corrected chi connectivity index (χ4v) is 4.23. The lowest BCUT2D eigenvalue weighted by atomic mass is 9.85. The van der Waals surface area contributed by atoms with Crippen molar-refractivity contribution in [1.82, 2.24) is 19.8 Å². The maximum atomic E-state index is 12.8. The molecular weight excluding hydrogens is 346 g/mol. The van der Waals surface area contributed by atoms with Gasteiger partial charge in [0.2, 0.25) is 0 Å². The highest BCUT2D eigenvalue weighted by Crippen LogP contribution is 2.27. The van der Waals surface area contributed by atoms with Crippen LogP contribution in [0.25, 0.3) is 0 Å². The fourth-order valence-electron chi connectivity index (χ4n) is 3.53. The van der Waals surface area contributed by atoms with Crippen molar-refractivity contribution < 1.29 is 4.79 Å². The summed E-state index contributed by atoms with van der Waals surface area (Å²) in [5.74, 6) is 1.67. The zero-order valence-electron chi connectivity index (χ0n) is 14.9. The van der Waals surface area contributed by atoms with Gasteiger partial charge in [-0.25, -0.2) is 9.97 Å². The molecule has 3 heterocycles. The highest BCUT2D eigenvalue weighted by molar-refractivity contribution is 7.14. The molecule has 1 aliphatic carbocycles. The third-order valence-electron chi connectivity index (χ3n) is 5.24. The summed E-state index contributed by atoms with van der Waals surface area (Å²) >= 11 is 1.44. The molecule has 2 aromatic heterocycles. The van der Waals surface area contributed by atoms with Gasteiger partial charge in [-0.15, -0.1) is 11.3 Å². The first-order valence-electron chi connectivity index (χ1n) is 9.43. The Morgan fingerprint density at radius 1 is 1.19 bits per heavy atom. The van der Waals surface area contributed by atoms with E-state index in [4.69, 9.17) is 0 Å². The van der Waals surface area contributed by atoms with Crippen LogP contribution in [0.15, 0.2) is 29.8 Å². The third kappa shape index (κ3) is 4.22. The number of rotatable bonds is 5. The van der Waals surface area contributed by atoms with E-state index in [-0.39, 0.29) is 5.91 Å². The zero-order chi connectivity index (χ0) is 17.8. The zero-order valence-corrected chi connectivity index (χ0v) is 15.7. The topological polar surface area (TPSA) is 61.4 Å². The number of carbonyl (C=O) groups is 1. The van der Waals surface area contributed by atoms with Crippen molar-refractivity contribution in [3.8, 4) is 0 Å². The standard InChI is InChI=1S/C19H25N5OS/c25-18(16-14-26-19(21-16)22-17-7-1-2-8-20-17)24-10-4-9-23(11-12-24)13-15-5-3-6-15/h1-2,7-8,14-15H,3-6,9-13H2,(H,20,21,22). The van der Waals surface area contributed by atoms with Gasteiger partial charge >= 0.3 is 0 Å². The van der Waals surface area contributed by atoms with Crippen molar-refractivity contribution in [2.45, 2.75) is 25.7 Å². The molecule has 26 heavy (non-hydrogen) atoms. The molecule has 1 amide bonds. The number of hydrogen-bond donors (Lipinski definition) is 1. The quantitative estimate of drug-likeness (QED) is 0.874. The Labute approximate surface area is 158 Å². The van der Waals surface area contributed by atoms with E-state index < -0.39 is 0 Å². The summed E-state index contributed by atoms with van der Waals surface area (Å²) in [6.07, 6.45) is 6.92. The number of nitrogens with zero attached hydrogens (tertiary/aromatic N) is 4. The number of amides is 1. The van der Waals surface area contributed by atoms with Crippen LogP contribution in [-0.4, -0.2) is 58.4 Å². The summed E-state index contributed by atoms with van der Waals surface area (Å²) < 4.78 is 0. The second-order valence-corrected chi connectivity index (χ2v) is 7.98. The van der Waals surface area contributed by atoms with Crippen LogP contribution in [0.2, 0.25) is 0 Å². The van der Waals surface area contributed by atoms with Gasteiger partial charge < -0.3 is 15.1 Å². The van der Waals surface area contributed by atoms with Gasteiger partial charge in [0, 0.05) is 37.8 Å². The summed E-state index contributed by atoms with van der Waals surface area (Å²) in [5.41, 5.74) is 0.529. The number of pyridine rings is 1. The molecule has 0 bridgehead atoms. The highest BCUT2D eigenvalue weighted by Gasteiger charge is 2.25. The van der Waals surface area contributed by atoms with Crippen LogP contribution in [0, 0.1) is 5.92 Å². The normalized spacial score (nSPS) is 19.0. The summed E-state index contributed by atoms with van der Waals surface area (Å²) in [6, 6.07) is 5.67. The number of carbonyl (C=O) groups excluding carboxylic acids is 1. The number of anilines is 2. The van der Waals surface area contributed by atoms with Gasteiger partial charge in [0.25, 0.3) is 5.91 Å². The molecule has 0 spiro atoms. The predicted octanol–water partition coefficient (Wildman–Crippen LogP) is 3.23. The number of aromatic nitrogens is 2. The van der Waals surface area contributed by atoms with Gasteiger partial charge in [-0.1, -0.05) is 12.5 Å². The molecule has 0 radical (unpaired) electrons. The molecule has 0 aromatic carbocycles. The van der Waals surface area contributed by atoms with Gasteiger partial charge in [-0.05, 0) is 43.9 Å². The smallest absolute Gasteiger partial charge is 0.273 e. The lowest BCUT2D eigenvalue weighted by Gasteiger charge is -2.31. The van der Waals surface area contributed by atoms with Crippen molar-refractivity contribution in [1.29, 1.82) is 0 Å². The van der Waals surface area contributed by atoms with E-state index >= 15 is 0 Å². The van der Waals surface area contributed by atoms with Gasteiger partial charge in [0.1, 0.15) is 11.5 Å². The van der Waals surface area contributed by atoms with Crippen LogP contribution >= 0.6 is 11.3 Å². The summed E-state index contributed by atoms with van der Waals surface area (Å²) in [5, 5.41) is 5.69. The number of thiazole rings is 1. The number of nitrogens with one attached hydrogen (secondary N) is 1. The molecule has 1 N–H and O–H groups in total. The second-order valence-electron chi connectivity index (χ2n) is 7.12. The van der Waals surface area contributed by atoms with Crippen molar-refractivity contribution >= 4 is 28.2 Å². The van der Waals surface area contributed by atoms with Gasteiger partial charge in [0.15, 0.2) is 5.13 Å². The van der Waals surface area contributed by atoms with Crippen LogP contribution in [0.5, 0.6) is 0 Å². The molecule has 1 saturated carbocycles. The molecule has 4 rings (SSSR count). The Bertz CT molecular complexity index is 731. The van der Waals surface area contributed by atoms with Crippen LogP contribution in [0.3, 0.4) is 0 Å². The Kier molecular flexibility index (Phi) is 5.45. The van der Waals surface area contributed by atoms with Gasteiger partial charge in [0.05, 0.1) is 0 Å².